The molecule has 0 aliphatic carbocycles. The van der Waals surface area contributed by atoms with Gasteiger partial charge in [0.1, 0.15) is 0 Å². The molecule has 4 nitrogen and oxygen atoms in total. The summed E-state index contributed by atoms with van der Waals surface area (Å²) in [4.78, 5) is 0. The molecule has 0 radical (unpaired) electrons. The Labute approximate surface area is 79.6 Å². The van der Waals surface area contributed by atoms with E-state index in [-0.39, 0.29) is 0 Å². The number of hydrogen-bond donors (Lipinski definition) is 1. The van der Waals surface area contributed by atoms with Crippen molar-refractivity contribution in [2.24, 2.45) is 0 Å². The van der Waals surface area contributed by atoms with E-state index in [1.165, 1.54) is 0 Å². The van der Waals surface area contributed by atoms with Crippen LogP contribution in [0.4, 0.5) is 0 Å². The van der Waals surface area contributed by atoms with Gasteiger partial charge in [0.25, 0.3) is 0 Å². The Hall–Kier alpha value is -0.390. The molecule has 0 amide bonds. The van der Waals surface area contributed by atoms with Gasteiger partial charge in [-0.2, -0.15) is 8.42 Å². The SMILES string of the molecule is C=CCC(CCCC)OS(=O)(=O)O. The van der Waals surface area contributed by atoms with Crippen LogP contribution < -0.4 is 0 Å². The third kappa shape index (κ3) is 7.95. The molecule has 1 atom stereocenters. The van der Waals surface area contributed by atoms with Crippen LogP contribution in [-0.4, -0.2) is 19.1 Å². The first-order valence-corrected chi connectivity index (χ1v) is 5.62. The van der Waals surface area contributed by atoms with E-state index >= 15 is 0 Å². The van der Waals surface area contributed by atoms with E-state index in [1.807, 2.05) is 6.92 Å². The highest BCUT2D eigenvalue weighted by Crippen LogP contribution is 2.11. The molecule has 0 bridgehead atoms. The summed E-state index contributed by atoms with van der Waals surface area (Å²) in [5, 5.41) is 0. The van der Waals surface area contributed by atoms with E-state index in [1.54, 1.807) is 6.08 Å². The average Bonchev–Trinajstić information content (AvgIpc) is 1.98. The fourth-order valence-corrected chi connectivity index (χ4v) is 1.51. The molecule has 5 heteroatoms. The van der Waals surface area contributed by atoms with Crippen LogP contribution in [0.1, 0.15) is 32.6 Å². The zero-order chi connectivity index (χ0) is 10.3. The molecule has 0 aromatic heterocycles. The lowest BCUT2D eigenvalue weighted by atomic mass is 10.1. The fourth-order valence-electron chi connectivity index (χ4n) is 0.995. The van der Waals surface area contributed by atoms with Crippen molar-refractivity contribution in [2.75, 3.05) is 0 Å². The van der Waals surface area contributed by atoms with Gasteiger partial charge in [-0.15, -0.1) is 6.58 Å². The molecule has 78 valence electrons. The van der Waals surface area contributed by atoms with Crippen molar-refractivity contribution in [1.29, 1.82) is 0 Å². The maximum Gasteiger partial charge on any atom is 0.397 e. The van der Waals surface area contributed by atoms with Gasteiger partial charge in [-0.25, -0.2) is 4.18 Å². The van der Waals surface area contributed by atoms with E-state index in [4.69, 9.17) is 4.55 Å². The third-order valence-electron chi connectivity index (χ3n) is 1.57. The van der Waals surface area contributed by atoms with Gasteiger partial charge in [-0.05, 0) is 12.8 Å². The summed E-state index contributed by atoms with van der Waals surface area (Å²) >= 11 is 0. The van der Waals surface area contributed by atoms with Gasteiger partial charge in [0.2, 0.25) is 0 Å². The Bertz CT molecular complexity index is 233. The second-order valence-electron chi connectivity index (χ2n) is 2.81. The first-order valence-electron chi connectivity index (χ1n) is 4.26. The highest BCUT2D eigenvalue weighted by atomic mass is 32.3. The monoisotopic (exact) mass is 208 g/mol. The van der Waals surface area contributed by atoms with Crippen molar-refractivity contribution in [3.63, 3.8) is 0 Å². The van der Waals surface area contributed by atoms with Crippen LogP contribution in [-0.2, 0) is 14.6 Å². The lowest BCUT2D eigenvalue weighted by Gasteiger charge is -2.12. The zero-order valence-corrected chi connectivity index (χ0v) is 8.59. The molecule has 0 aromatic carbocycles. The topological polar surface area (TPSA) is 63.6 Å². The molecule has 0 heterocycles. The Kier molecular flexibility index (Phi) is 5.94. The molecule has 13 heavy (non-hydrogen) atoms. The summed E-state index contributed by atoms with van der Waals surface area (Å²) in [5.41, 5.74) is 0. The van der Waals surface area contributed by atoms with Crippen molar-refractivity contribution in [3.8, 4) is 0 Å². The number of hydrogen-bond acceptors (Lipinski definition) is 3. The van der Waals surface area contributed by atoms with Crippen LogP contribution in [0.5, 0.6) is 0 Å². The summed E-state index contributed by atoms with van der Waals surface area (Å²) in [7, 11) is -4.32. The average molecular weight is 208 g/mol. The first-order chi connectivity index (χ1) is 5.99. The molecule has 0 aliphatic rings. The van der Waals surface area contributed by atoms with Crippen LogP contribution in [0.3, 0.4) is 0 Å². The number of rotatable bonds is 7. The maximum atomic E-state index is 10.4. The van der Waals surface area contributed by atoms with Gasteiger partial charge in [-0.3, -0.25) is 4.55 Å². The van der Waals surface area contributed by atoms with E-state index in [2.05, 4.69) is 10.8 Å². The highest BCUT2D eigenvalue weighted by molar-refractivity contribution is 7.80. The van der Waals surface area contributed by atoms with E-state index in [0.29, 0.717) is 12.8 Å². The standard InChI is InChI=1S/C8H16O4S/c1-3-5-7-8(6-4-2)12-13(9,10)11/h4,8H,2-3,5-7H2,1H3,(H,9,10,11). The van der Waals surface area contributed by atoms with Crippen LogP contribution >= 0.6 is 0 Å². The van der Waals surface area contributed by atoms with Crippen molar-refractivity contribution < 1.29 is 17.2 Å². The van der Waals surface area contributed by atoms with E-state index < -0.39 is 16.5 Å². The Morgan fingerprint density at radius 2 is 2.23 bits per heavy atom. The van der Waals surface area contributed by atoms with Gasteiger partial charge in [0.15, 0.2) is 0 Å². The normalized spacial score (nSPS) is 14.0. The molecular weight excluding hydrogens is 192 g/mol. The lowest BCUT2D eigenvalue weighted by molar-refractivity contribution is 0.172. The minimum Gasteiger partial charge on any atom is -0.264 e. The third-order valence-corrected chi connectivity index (χ3v) is 2.08. The van der Waals surface area contributed by atoms with Crippen molar-refractivity contribution in [3.05, 3.63) is 12.7 Å². The molecule has 0 aromatic rings. The molecule has 0 saturated carbocycles. The molecule has 1 unspecified atom stereocenters. The van der Waals surface area contributed by atoms with Crippen molar-refractivity contribution in [2.45, 2.75) is 38.7 Å². The molecule has 1 N–H and O–H groups in total. The molecule has 0 fully saturated rings. The Morgan fingerprint density at radius 3 is 2.62 bits per heavy atom. The minimum atomic E-state index is -4.32. The van der Waals surface area contributed by atoms with Gasteiger partial charge >= 0.3 is 10.4 Å². The molecule has 0 aliphatic heterocycles. The second kappa shape index (κ2) is 6.12. The van der Waals surface area contributed by atoms with Crippen molar-refractivity contribution >= 4 is 10.4 Å². The van der Waals surface area contributed by atoms with E-state index in [0.717, 1.165) is 12.8 Å². The molecule has 0 saturated heterocycles. The summed E-state index contributed by atoms with van der Waals surface area (Å²) in [6.07, 6.45) is 3.97. The fraction of sp³-hybridized carbons (Fsp3) is 0.750. The van der Waals surface area contributed by atoms with Crippen LogP contribution in [0, 0.1) is 0 Å². The minimum absolute atomic E-state index is 0.430. The number of unbranched alkanes of at least 4 members (excludes halogenated alkanes) is 1. The van der Waals surface area contributed by atoms with Crippen LogP contribution in [0.2, 0.25) is 0 Å². The van der Waals surface area contributed by atoms with Crippen LogP contribution in [0.15, 0.2) is 12.7 Å². The summed E-state index contributed by atoms with van der Waals surface area (Å²) in [6, 6.07) is 0. The predicted molar refractivity (Wildman–Crippen MR) is 50.8 cm³/mol. The Morgan fingerprint density at radius 1 is 1.62 bits per heavy atom. The Balaban J connectivity index is 4.01. The van der Waals surface area contributed by atoms with E-state index in [9.17, 15) is 8.42 Å². The van der Waals surface area contributed by atoms with Crippen molar-refractivity contribution in [1.82, 2.24) is 0 Å². The first kappa shape index (κ1) is 12.6. The quantitative estimate of drug-likeness (QED) is 0.513. The largest absolute Gasteiger partial charge is 0.397 e. The van der Waals surface area contributed by atoms with Gasteiger partial charge in [0, 0.05) is 0 Å². The predicted octanol–water partition coefficient (Wildman–Crippen LogP) is 1.94. The maximum absolute atomic E-state index is 10.4. The second-order valence-corrected chi connectivity index (χ2v) is 3.86. The lowest BCUT2D eigenvalue weighted by Crippen LogP contribution is -2.17. The smallest absolute Gasteiger partial charge is 0.264 e. The molecular formula is C8H16O4S. The van der Waals surface area contributed by atoms with Gasteiger partial charge in [-0.1, -0.05) is 25.8 Å². The summed E-state index contributed by atoms with van der Waals surface area (Å²) in [6.45, 7) is 5.48. The van der Waals surface area contributed by atoms with Gasteiger partial charge < -0.3 is 0 Å². The molecule has 0 rings (SSSR count). The molecule has 0 spiro atoms. The highest BCUT2D eigenvalue weighted by Gasteiger charge is 2.14. The summed E-state index contributed by atoms with van der Waals surface area (Å²) in [5.74, 6) is 0. The van der Waals surface area contributed by atoms with Gasteiger partial charge in [0.05, 0.1) is 6.10 Å². The zero-order valence-electron chi connectivity index (χ0n) is 7.77. The summed E-state index contributed by atoms with van der Waals surface area (Å²) < 4.78 is 33.6. The van der Waals surface area contributed by atoms with Crippen LogP contribution in [0.25, 0.3) is 0 Å².